The van der Waals surface area contributed by atoms with Crippen LogP contribution in [0.4, 0.5) is 5.69 Å². The number of ether oxygens (including phenoxy) is 1. The zero-order valence-corrected chi connectivity index (χ0v) is 16.0. The standard InChI is InChI=1S/C20H23BrN2O2/c1-2-25-20(24)16-7-9-18(10-8-16)23-13-11-22(12-14-23)15-17-5-3-4-6-19(17)21/h3-10H,2,11-15H2,1H3. The summed E-state index contributed by atoms with van der Waals surface area (Å²) in [6.07, 6.45) is 0. The summed E-state index contributed by atoms with van der Waals surface area (Å²) in [6, 6.07) is 16.1. The van der Waals surface area contributed by atoms with Gasteiger partial charge in [-0.25, -0.2) is 4.79 Å². The molecule has 0 saturated carbocycles. The molecule has 3 rings (SSSR count). The van der Waals surface area contributed by atoms with Crippen LogP contribution in [0.25, 0.3) is 0 Å². The number of piperazine rings is 1. The van der Waals surface area contributed by atoms with E-state index in [2.05, 4.69) is 43.9 Å². The zero-order valence-electron chi connectivity index (χ0n) is 14.5. The first-order chi connectivity index (χ1) is 12.2. The van der Waals surface area contributed by atoms with E-state index in [-0.39, 0.29) is 5.97 Å². The predicted molar refractivity (Wildman–Crippen MR) is 104 cm³/mol. The molecule has 1 fully saturated rings. The number of hydrogen-bond donors (Lipinski definition) is 0. The molecule has 0 N–H and O–H groups in total. The van der Waals surface area contributed by atoms with Crippen LogP contribution in [0.3, 0.4) is 0 Å². The highest BCUT2D eigenvalue weighted by molar-refractivity contribution is 9.10. The molecular weight excluding hydrogens is 380 g/mol. The summed E-state index contributed by atoms with van der Waals surface area (Å²) >= 11 is 3.63. The predicted octanol–water partition coefficient (Wildman–Crippen LogP) is 3.95. The Hall–Kier alpha value is -1.85. The number of carbonyl (C=O) groups is 1. The molecule has 5 heteroatoms. The zero-order chi connectivity index (χ0) is 17.6. The maximum Gasteiger partial charge on any atom is 0.338 e. The maximum absolute atomic E-state index is 11.7. The molecule has 0 unspecified atom stereocenters. The van der Waals surface area contributed by atoms with Gasteiger partial charge in [0.05, 0.1) is 12.2 Å². The number of carbonyl (C=O) groups excluding carboxylic acids is 1. The van der Waals surface area contributed by atoms with Crippen LogP contribution < -0.4 is 4.90 Å². The van der Waals surface area contributed by atoms with Crippen molar-refractivity contribution in [3.63, 3.8) is 0 Å². The van der Waals surface area contributed by atoms with Crippen LogP contribution >= 0.6 is 15.9 Å². The third kappa shape index (κ3) is 4.61. The molecule has 0 aliphatic carbocycles. The molecule has 1 aliphatic heterocycles. The minimum atomic E-state index is -0.257. The van der Waals surface area contributed by atoms with Crippen LogP contribution in [0, 0.1) is 0 Å². The monoisotopic (exact) mass is 402 g/mol. The van der Waals surface area contributed by atoms with Gasteiger partial charge in [0.1, 0.15) is 0 Å². The largest absolute Gasteiger partial charge is 0.462 e. The second-order valence-electron chi connectivity index (χ2n) is 6.12. The molecule has 1 aliphatic rings. The van der Waals surface area contributed by atoms with Gasteiger partial charge in [-0.15, -0.1) is 0 Å². The summed E-state index contributed by atoms with van der Waals surface area (Å²) in [4.78, 5) is 16.6. The van der Waals surface area contributed by atoms with Crippen molar-refractivity contribution in [2.45, 2.75) is 13.5 Å². The van der Waals surface area contributed by atoms with E-state index < -0.39 is 0 Å². The first-order valence-corrected chi connectivity index (χ1v) is 9.44. The van der Waals surface area contributed by atoms with E-state index in [0.717, 1.165) is 38.4 Å². The Morgan fingerprint density at radius 3 is 2.36 bits per heavy atom. The van der Waals surface area contributed by atoms with E-state index in [1.165, 1.54) is 10.0 Å². The van der Waals surface area contributed by atoms with Crippen molar-refractivity contribution in [3.8, 4) is 0 Å². The minimum absolute atomic E-state index is 0.257. The third-order valence-electron chi connectivity index (χ3n) is 4.47. The van der Waals surface area contributed by atoms with Crippen molar-refractivity contribution in [1.29, 1.82) is 0 Å². The number of esters is 1. The number of halogens is 1. The second-order valence-corrected chi connectivity index (χ2v) is 6.98. The fraction of sp³-hybridized carbons (Fsp3) is 0.350. The smallest absolute Gasteiger partial charge is 0.338 e. The lowest BCUT2D eigenvalue weighted by atomic mass is 10.1. The lowest BCUT2D eigenvalue weighted by molar-refractivity contribution is 0.0526. The maximum atomic E-state index is 11.7. The Balaban J connectivity index is 1.55. The molecular formula is C20H23BrN2O2. The van der Waals surface area contributed by atoms with E-state index in [4.69, 9.17) is 4.74 Å². The first kappa shape index (κ1) is 18.0. The Bertz CT molecular complexity index is 710. The van der Waals surface area contributed by atoms with Crippen molar-refractivity contribution < 1.29 is 9.53 Å². The normalized spacial score (nSPS) is 15.2. The topological polar surface area (TPSA) is 32.8 Å². The molecule has 0 bridgehead atoms. The number of benzene rings is 2. The Morgan fingerprint density at radius 1 is 1.04 bits per heavy atom. The molecule has 2 aromatic rings. The van der Waals surface area contributed by atoms with Crippen LogP contribution in [-0.4, -0.2) is 43.7 Å². The van der Waals surface area contributed by atoms with Crippen molar-refractivity contribution >= 4 is 27.6 Å². The lowest BCUT2D eigenvalue weighted by Gasteiger charge is -2.36. The Labute approximate surface area is 157 Å². The van der Waals surface area contributed by atoms with Crippen molar-refractivity contribution in [2.24, 2.45) is 0 Å². The molecule has 25 heavy (non-hydrogen) atoms. The molecule has 0 amide bonds. The molecule has 0 aromatic heterocycles. The molecule has 0 radical (unpaired) electrons. The van der Waals surface area contributed by atoms with Crippen LogP contribution in [0.1, 0.15) is 22.8 Å². The Kier molecular flexibility index (Phi) is 6.10. The van der Waals surface area contributed by atoms with Crippen molar-refractivity contribution in [3.05, 3.63) is 64.1 Å². The Morgan fingerprint density at radius 2 is 1.72 bits per heavy atom. The number of hydrogen-bond acceptors (Lipinski definition) is 4. The van der Waals surface area contributed by atoms with Gasteiger partial charge in [0.25, 0.3) is 0 Å². The summed E-state index contributed by atoms with van der Waals surface area (Å²) in [5, 5.41) is 0. The average molecular weight is 403 g/mol. The molecule has 2 aromatic carbocycles. The quantitative estimate of drug-likeness (QED) is 0.708. The van der Waals surface area contributed by atoms with Gasteiger partial charge in [-0.05, 0) is 42.8 Å². The SMILES string of the molecule is CCOC(=O)c1ccc(N2CCN(Cc3ccccc3Br)CC2)cc1. The van der Waals surface area contributed by atoms with Crippen LogP contribution in [0.5, 0.6) is 0 Å². The van der Waals surface area contributed by atoms with E-state index in [9.17, 15) is 4.79 Å². The van der Waals surface area contributed by atoms with Gasteiger partial charge in [0.2, 0.25) is 0 Å². The third-order valence-corrected chi connectivity index (χ3v) is 5.24. The number of anilines is 1. The first-order valence-electron chi connectivity index (χ1n) is 8.65. The summed E-state index contributed by atoms with van der Waals surface area (Å²) in [7, 11) is 0. The second kappa shape index (κ2) is 8.50. The van der Waals surface area contributed by atoms with Gasteiger partial charge in [0, 0.05) is 42.9 Å². The van der Waals surface area contributed by atoms with Gasteiger partial charge in [-0.1, -0.05) is 34.1 Å². The fourth-order valence-electron chi connectivity index (χ4n) is 3.05. The molecule has 1 saturated heterocycles. The highest BCUT2D eigenvalue weighted by Gasteiger charge is 2.18. The van der Waals surface area contributed by atoms with Crippen molar-refractivity contribution in [2.75, 3.05) is 37.7 Å². The summed E-state index contributed by atoms with van der Waals surface area (Å²) in [5.74, 6) is -0.257. The summed E-state index contributed by atoms with van der Waals surface area (Å²) in [6.45, 7) is 7.23. The molecule has 132 valence electrons. The highest BCUT2D eigenvalue weighted by Crippen LogP contribution is 2.21. The molecule has 4 nitrogen and oxygen atoms in total. The molecule has 1 heterocycles. The van der Waals surface area contributed by atoms with Gasteiger partial charge >= 0.3 is 5.97 Å². The summed E-state index contributed by atoms with van der Waals surface area (Å²) < 4.78 is 6.20. The van der Waals surface area contributed by atoms with E-state index >= 15 is 0 Å². The number of nitrogens with zero attached hydrogens (tertiary/aromatic N) is 2. The summed E-state index contributed by atoms with van der Waals surface area (Å²) in [5.41, 5.74) is 3.10. The lowest BCUT2D eigenvalue weighted by Crippen LogP contribution is -2.46. The average Bonchev–Trinajstić information content (AvgIpc) is 2.65. The fourth-order valence-corrected chi connectivity index (χ4v) is 3.46. The molecule has 0 spiro atoms. The molecule has 0 atom stereocenters. The van der Waals surface area contributed by atoms with E-state index in [1.807, 2.05) is 37.3 Å². The van der Waals surface area contributed by atoms with Crippen LogP contribution in [-0.2, 0) is 11.3 Å². The van der Waals surface area contributed by atoms with E-state index in [1.54, 1.807) is 0 Å². The highest BCUT2D eigenvalue weighted by atomic mass is 79.9. The minimum Gasteiger partial charge on any atom is -0.462 e. The van der Waals surface area contributed by atoms with E-state index in [0.29, 0.717) is 12.2 Å². The van der Waals surface area contributed by atoms with Gasteiger partial charge in [-0.2, -0.15) is 0 Å². The van der Waals surface area contributed by atoms with Gasteiger partial charge < -0.3 is 9.64 Å². The van der Waals surface area contributed by atoms with Gasteiger partial charge in [0.15, 0.2) is 0 Å². The van der Waals surface area contributed by atoms with Crippen molar-refractivity contribution in [1.82, 2.24) is 4.90 Å². The number of rotatable bonds is 5. The van der Waals surface area contributed by atoms with Crippen LogP contribution in [0.2, 0.25) is 0 Å². The van der Waals surface area contributed by atoms with Gasteiger partial charge in [-0.3, -0.25) is 4.90 Å². The van der Waals surface area contributed by atoms with Crippen LogP contribution in [0.15, 0.2) is 53.0 Å².